The lowest BCUT2D eigenvalue weighted by Crippen LogP contribution is -1.73. The minimum absolute atomic E-state index is 0.727. The van der Waals surface area contributed by atoms with E-state index in [-0.39, 0.29) is 0 Å². The van der Waals surface area contributed by atoms with Gasteiger partial charge in [-0.25, -0.2) is 0 Å². The Bertz CT molecular complexity index is 64.6. The first-order chi connectivity index (χ1) is 3.41. The maximum atomic E-state index is 4.82. The molecule has 0 spiro atoms. The van der Waals surface area contributed by atoms with Crippen molar-refractivity contribution < 1.29 is 4.74 Å². The summed E-state index contributed by atoms with van der Waals surface area (Å²) in [4.78, 5) is 0. The Morgan fingerprint density at radius 1 is 1.71 bits per heavy atom. The predicted molar refractivity (Wildman–Crippen MR) is 31.0 cm³/mol. The summed E-state index contributed by atoms with van der Waals surface area (Å²) >= 11 is 0. The molecular formula is C6H10O. The van der Waals surface area contributed by atoms with Crippen LogP contribution in [-0.2, 0) is 4.74 Å². The van der Waals surface area contributed by atoms with E-state index in [0.29, 0.717) is 0 Å². The molecule has 0 atom stereocenters. The van der Waals surface area contributed by atoms with E-state index >= 15 is 0 Å². The first-order valence-electron chi connectivity index (χ1n) is 2.31. The van der Waals surface area contributed by atoms with Gasteiger partial charge in [-0.1, -0.05) is 12.7 Å². The fourth-order valence-electron chi connectivity index (χ4n) is 0.207. The zero-order valence-electron chi connectivity index (χ0n) is 4.55. The molecule has 1 heteroatoms. The molecule has 0 fully saturated rings. The van der Waals surface area contributed by atoms with Crippen LogP contribution in [0, 0.1) is 0 Å². The van der Waals surface area contributed by atoms with Gasteiger partial charge >= 0.3 is 0 Å². The van der Waals surface area contributed by atoms with Crippen molar-refractivity contribution >= 4 is 0 Å². The molecule has 0 aromatic carbocycles. The van der Waals surface area contributed by atoms with Gasteiger partial charge in [0, 0.05) is 0 Å². The second kappa shape index (κ2) is 5.28. The molecule has 0 rings (SSSR count). The Morgan fingerprint density at radius 2 is 2.43 bits per heavy atom. The van der Waals surface area contributed by atoms with Crippen LogP contribution in [0.3, 0.4) is 0 Å². The fourth-order valence-corrected chi connectivity index (χ4v) is 0.207. The molecule has 0 aromatic rings. The quantitative estimate of drug-likeness (QED) is 0.386. The molecule has 0 saturated heterocycles. The van der Waals surface area contributed by atoms with Crippen LogP contribution < -0.4 is 0 Å². The van der Waals surface area contributed by atoms with Crippen molar-refractivity contribution in [2.45, 2.75) is 6.92 Å². The van der Waals surface area contributed by atoms with Crippen LogP contribution in [0.5, 0.6) is 0 Å². The van der Waals surface area contributed by atoms with Gasteiger partial charge in [-0.2, -0.15) is 0 Å². The van der Waals surface area contributed by atoms with Crippen LogP contribution in [0.15, 0.2) is 25.0 Å². The summed E-state index contributed by atoms with van der Waals surface area (Å²) in [6.07, 6.45) is 5.05. The van der Waals surface area contributed by atoms with E-state index in [9.17, 15) is 0 Å². The molecule has 0 aliphatic rings. The van der Waals surface area contributed by atoms with Crippen LogP contribution >= 0.6 is 0 Å². The highest BCUT2D eigenvalue weighted by Gasteiger charge is 1.61. The molecular weight excluding hydrogens is 88.1 g/mol. The molecule has 0 bridgehead atoms. The van der Waals surface area contributed by atoms with Gasteiger partial charge in [-0.05, 0) is 13.0 Å². The molecule has 40 valence electrons. The van der Waals surface area contributed by atoms with Crippen molar-refractivity contribution in [2.24, 2.45) is 0 Å². The third kappa shape index (κ3) is 5.28. The van der Waals surface area contributed by atoms with Gasteiger partial charge < -0.3 is 4.74 Å². The number of hydrogen-bond acceptors (Lipinski definition) is 1. The molecule has 0 heterocycles. The van der Waals surface area contributed by atoms with E-state index in [1.165, 1.54) is 0 Å². The molecule has 0 aliphatic carbocycles. The summed E-state index contributed by atoms with van der Waals surface area (Å²) in [5.74, 6) is 0. The summed E-state index contributed by atoms with van der Waals surface area (Å²) in [6.45, 7) is 6.13. The van der Waals surface area contributed by atoms with Gasteiger partial charge in [0.2, 0.25) is 0 Å². The Morgan fingerprint density at radius 3 is 2.86 bits per heavy atom. The zero-order valence-corrected chi connectivity index (χ0v) is 4.55. The van der Waals surface area contributed by atoms with Crippen LogP contribution in [0.1, 0.15) is 6.92 Å². The molecule has 1 nitrogen and oxygen atoms in total. The standard InChI is InChI=1S/C6H10O/c1-3-5-6-7-4-2/h3,5-6H,1,4H2,2H3/b6-5-. The zero-order chi connectivity index (χ0) is 5.54. The fraction of sp³-hybridized carbons (Fsp3) is 0.333. The van der Waals surface area contributed by atoms with E-state index in [0.717, 1.165) is 6.61 Å². The molecule has 0 aliphatic heterocycles. The molecule has 0 amide bonds. The van der Waals surface area contributed by atoms with E-state index < -0.39 is 0 Å². The van der Waals surface area contributed by atoms with Crippen molar-refractivity contribution in [3.8, 4) is 0 Å². The first-order valence-corrected chi connectivity index (χ1v) is 2.31. The summed E-state index contributed by atoms with van der Waals surface area (Å²) in [5.41, 5.74) is 0. The van der Waals surface area contributed by atoms with Crippen LogP contribution in [0.25, 0.3) is 0 Å². The van der Waals surface area contributed by atoms with Gasteiger partial charge in [-0.3, -0.25) is 0 Å². The summed E-state index contributed by atoms with van der Waals surface area (Å²) in [6, 6.07) is 0. The smallest absolute Gasteiger partial charge is 0.0845 e. The first kappa shape index (κ1) is 6.28. The van der Waals surface area contributed by atoms with Crippen molar-refractivity contribution in [1.29, 1.82) is 0 Å². The van der Waals surface area contributed by atoms with Crippen molar-refractivity contribution in [3.05, 3.63) is 25.0 Å². The minimum atomic E-state index is 0.727. The van der Waals surface area contributed by atoms with Crippen LogP contribution in [0.4, 0.5) is 0 Å². The largest absolute Gasteiger partial charge is 0.501 e. The summed E-state index contributed by atoms with van der Waals surface area (Å²) < 4.78 is 4.82. The number of ether oxygens (including phenoxy) is 1. The van der Waals surface area contributed by atoms with E-state index in [4.69, 9.17) is 4.74 Å². The van der Waals surface area contributed by atoms with Crippen LogP contribution in [-0.4, -0.2) is 6.61 Å². The predicted octanol–water partition coefficient (Wildman–Crippen LogP) is 1.72. The Hall–Kier alpha value is -0.720. The molecule has 0 radical (unpaired) electrons. The third-order valence-corrected chi connectivity index (χ3v) is 0.478. The summed E-state index contributed by atoms with van der Waals surface area (Å²) in [5, 5.41) is 0. The molecule has 0 N–H and O–H groups in total. The maximum Gasteiger partial charge on any atom is 0.0845 e. The number of rotatable bonds is 3. The monoisotopic (exact) mass is 98.1 g/mol. The van der Waals surface area contributed by atoms with Crippen molar-refractivity contribution in [3.63, 3.8) is 0 Å². The average molecular weight is 98.1 g/mol. The van der Waals surface area contributed by atoms with Gasteiger partial charge in [0.15, 0.2) is 0 Å². The Labute approximate surface area is 44.3 Å². The summed E-state index contributed by atoms with van der Waals surface area (Å²) in [7, 11) is 0. The highest BCUT2D eigenvalue weighted by Crippen LogP contribution is 1.74. The highest BCUT2D eigenvalue weighted by atomic mass is 16.5. The lowest BCUT2D eigenvalue weighted by Gasteiger charge is -1.87. The molecule has 0 saturated carbocycles. The minimum Gasteiger partial charge on any atom is -0.501 e. The van der Waals surface area contributed by atoms with Crippen LogP contribution in [0.2, 0.25) is 0 Å². The van der Waals surface area contributed by atoms with Gasteiger partial charge in [0.25, 0.3) is 0 Å². The maximum absolute atomic E-state index is 4.82. The number of allylic oxidation sites excluding steroid dienone is 2. The van der Waals surface area contributed by atoms with Gasteiger partial charge in [-0.15, -0.1) is 0 Å². The SMILES string of the molecule is C=C/C=C\OCC. The lowest BCUT2D eigenvalue weighted by atomic mass is 10.6. The topological polar surface area (TPSA) is 9.23 Å². The van der Waals surface area contributed by atoms with E-state index in [1.54, 1.807) is 18.4 Å². The van der Waals surface area contributed by atoms with E-state index in [1.807, 2.05) is 6.92 Å². The lowest BCUT2D eigenvalue weighted by molar-refractivity contribution is 0.269. The average Bonchev–Trinajstić information content (AvgIpc) is 1.69. The van der Waals surface area contributed by atoms with E-state index in [2.05, 4.69) is 6.58 Å². The molecule has 0 unspecified atom stereocenters. The Balaban J connectivity index is 2.92. The third-order valence-electron chi connectivity index (χ3n) is 0.478. The van der Waals surface area contributed by atoms with Gasteiger partial charge in [0.1, 0.15) is 0 Å². The molecule has 7 heavy (non-hydrogen) atoms. The normalized spacial score (nSPS) is 9.29. The van der Waals surface area contributed by atoms with Gasteiger partial charge in [0.05, 0.1) is 12.9 Å². The van der Waals surface area contributed by atoms with Crippen molar-refractivity contribution in [1.82, 2.24) is 0 Å². The number of hydrogen-bond donors (Lipinski definition) is 0. The highest BCUT2D eigenvalue weighted by molar-refractivity contribution is 4.92. The van der Waals surface area contributed by atoms with Crippen molar-refractivity contribution in [2.75, 3.05) is 6.61 Å². The molecule has 0 aromatic heterocycles. The second-order valence-electron chi connectivity index (χ2n) is 1.02. The Kier molecular flexibility index (Phi) is 4.74. The second-order valence-corrected chi connectivity index (χ2v) is 1.02.